The fourth-order valence-electron chi connectivity index (χ4n) is 3.76. The lowest BCUT2D eigenvalue weighted by molar-refractivity contribution is -0.279. The maximum Gasteiger partial charge on any atom is 0.459 e. The zero-order chi connectivity index (χ0) is 22.1. The van der Waals surface area contributed by atoms with E-state index in [1.54, 1.807) is 0 Å². The number of benzene rings is 2. The van der Waals surface area contributed by atoms with Crippen LogP contribution in [-0.2, 0) is 28.7 Å². The number of carbonyl (C=O) groups excluding carboxylic acids is 5. The molecular weight excluding hydrogens is 410 g/mol. The molecule has 2 aromatic carbocycles. The number of carboxylic acid groups (broad SMARTS) is 1. The molecular formula is C21H14NO9-. The molecule has 1 aliphatic heterocycles. The topological polar surface area (TPSA) is 139 Å². The number of ether oxygens (including phenoxy) is 2. The average Bonchev–Trinajstić information content (AvgIpc) is 3.21. The number of amides is 2. The quantitative estimate of drug-likeness (QED) is 0.401. The first-order chi connectivity index (χ1) is 14.9. The molecule has 31 heavy (non-hydrogen) atoms. The highest BCUT2D eigenvalue weighted by Crippen LogP contribution is 2.44. The van der Waals surface area contributed by atoms with E-state index in [1.165, 1.54) is 0 Å². The fraction of sp³-hybridized carbons (Fsp3) is 0.190. The maximum absolute atomic E-state index is 12.5. The highest BCUT2D eigenvalue weighted by atomic mass is 16.9. The number of hydrogen-bond donors (Lipinski definition) is 0. The van der Waals surface area contributed by atoms with Crippen molar-refractivity contribution in [3.05, 3.63) is 59.7 Å². The molecule has 158 valence electrons. The number of imide groups is 1. The minimum absolute atomic E-state index is 0.0165. The molecule has 1 aliphatic carbocycles. The molecule has 2 amide bonds. The van der Waals surface area contributed by atoms with Gasteiger partial charge in [0.25, 0.3) is 18.0 Å². The molecule has 0 radical (unpaired) electrons. The second-order valence-electron chi connectivity index (χ2n) is 6.83. The van der Waals surface area contributed by atoms with Gasteiger partial charge in [0.2, 0.25) is 0 Å². The molecule has 10 heteroatoms. The minimum Gasteiger partial charge on any atom is -0.464 e. The van der Waals surface area contributed by atoms with Crippen LogP contribution < -0.4 is 5.11 Å². The Bertz CT molecular complexity index is 1060. The molecule has 1 atom stereocenters. The summed E-state index contributed by atoms with van der Waals surface area (Å²) in [7, 11) is 0. The van der Waals surface area contributed by atoms with Crippen molar-refractivity contribution in [3.63, 3.8) is 0 Å². The third-order valence-electron chi connectivity index (χ3n) is 5.08. The standard InChI is InChI=1S/C21H15NO9/c23-17-9-15(18(24)22(17)31-21(28)30-20(26)27)19(25)29-10-16-13-7-3-1-5-11(13)12-6-2-4-8-14(12)16/h1-8,15-16H,9-10H2,(H,26,27)/p-1. The molecule has 0 spiro atoms. The summed E-state index contributed by atoms with van der Waals surface area (Å²) < 4.78 is 8.91. The fourth-order valence-corrected chi connectivity index (χ4v) is 3.76. The van der Waals surface area contributed by atoms with Gasteiger partial charge in [0.15, 0.2) is 0 Å². The van der Waals surface area contributed by atoms with Gasteiger partial charge in [-0.3, -0.25) is 14.4 Å². The van der Waals surface area contributed by atoms with Crippen molar-refractivity contribution in [1.82, 2.24) is 5.06 Å². The van der Waals surface area contributed by atoms with Gasteiger partial charge in [0, 0.05) is 5.92 Å². The van der Waals surface area contributed by atoms with Gasteiger partial charge >= 0.3 is 12.1 Å². The lowest BCUT2D eigenvalue weighted by Gasteiger charge is -2.16. The van der Waals surface area contributed by atoms with Crippen LogP contribution >= 0.6 is 0 Å². The monoisotopic (exact) mass is 424 g/mol. The van der Waals surface area contributed by atoms with Crippen molar-refractivity contribution >= 4 is 30.1 Å². The summed E-state index contributed by atoms with van der Waals surface area (Å²) in [6.07, 6.45) is -4.67. The second-order valence-corrected chi connectivity index (χ2v) is 6.83. The summed E-state index contributed by atoms with van der Waals surface area (Å²) in [5.41, 5.74) is 4.00. The van der Waals surface area contributed by atoms with Crippen LogP contribution in [0.1, 0.15) is 23.5 Å². The second kappa shape index (κ2) is 7.90. The zero-order valence-electron chi connectivity index (χ0n) is 15.8. The van der Waals surface area contributed by atoms with Gasteiger partial charge in [-0.2, -0.15) is 0 Å². The summed E-state index contributed by atoms with van der Waals surface area (Å²) in [5, 5.41) is 10.2. The molecule has 2 aliphatic rings. The summed E-state index contributed by atoms with van der Waals surface area (Å²) in [5.74, 6) is -4.89. The Kier molecular flexibility index (Phi) is 5.12. The molecule has 1 fully saturated rings. The lowest BCUT2D eigenvalue weighted by Crippen LogP contribution is -2.37. The largest absolute Gasteiger partial charge is 0.464 e. The summed E-state index contributed by atoms with van der Waals surface area (Å²) in [4.78, 5) is 62.3. The smallest absolute Gasteiger partial charge is 0.459 e. The average molecular weight is 424 g/mol. The van der Waals surface area contributed by atoms with E-state index in [0.717, 1.165) is 22.3 Å². The van der Waals surface area contributed by atoms with Crippen LogP contribution in [0.5, 0.6) is 0 Å². The van der Waals surface area contributed by atoms with E-state index in [9.17, 15) is 29.1 Å². The minimum atomic E-state index is -2.22. The SMILES string of the molecule is O=C([O-])OC(=O)ON1C(=O)CC(C(=O)OCC2c3ccccc3-c3ccccc32)C1=O. The van der Waals surface area contributed by atoms with Crippen molar-refractivity contribution in [2.75, 3.05) is 6.61 Å². The molecule has 0 bridgehead atoms. The summed E-state index contributed by atoms with van der Waals surface area (Å²) >= 11 is 0. The van der Waals surface area contributed by atoms with Gasteiger partial charge in [-0.25, -0.2) is 4.79 Å². The number of esters is 1. The van der Waals surface area contributed by atoms with Crippen molar-refractivity contribution in [1.29, 1.82) is 0 Å². The van der Waals surface area contributed by atoms with Crippen molar-refractivity contribution in [2.45, 2.75) is 12.3 Å². The summed E-state index contributed by atoms with van der Waals surface area (Å²) in [6.45, 7) is -0.0571. The molecule has 0 saturated carbocycles. The Morgan fingerprint density at radius 3 is 2.13 bits per heavy atom. The lowest BCUT2D eigenvalue weighted by atomic mass is 9.98. The first kappa shape index (κ1) is 20.1. The first-order valence-electron chi connectivity index (χ1n) is 9.19. The van der Waals surface area contributed by atoms with E-state index in [2.05, 4.69) is 9.57 Å². The van der Waals surface area contributed by atoms with Crippen LogP contribution in [0.4, 0.5) is 9.59 Å². The van der Waals surface area contributed by atoms with Gasteiger partial charge in [0.1, 0.15) is 12.5 Å². The first-order valence-corrected chi connectivity index (χ1v) is 9.19. The normalized spacial score (nSPS) is 17.2. The molecule has 2 aromatic rings. The van der Waals surface area contributed by atoms with Crippen LogP contribution in [0.2, 0.25) is 0 Å². The van der Waals surface area contributed by atoms with Gasteiger partial charge < -0.3 is 24.2 Å². The van der Waals surface area contributed by atoms with Crippen molar-refractivity contribution < 1.29 is 43.4 Å². The number of hydrogen-bond acceptors (Lipinski definition) is 9. The number of nitrogens with zero attached hydrogens (tertiary/aromatic N) is 1. The van der Waals surface area contributed by atoms with Crippen LogP contribution in [0.3, 0.4) is 0 Å². The van der Waals surface area contributed by atoms with Crippen LogP contribution in [0, 0.1) is 5.92 Å². The molecule has 10 nitrogen and oxygen atoms in total. The van der Waals surface area contributed by atoms with Crippen LogP contribution in [0.25, 0.3) is 11.1 Å². The van der Waals surface area contributed by atoms with E-state index < -0.39 is 42.4 Å². The van der Waals surface area contributed by atoms with Crippen molar-refractivity contribution in [2.24, 2.45) is 5.92 Å². The predicted molar refractivity (Wildman–Crippen MR) is 97.6 cm³/mol. The molecule has 1 heterocycles. The van der Waals surface area contributed by atoms with E-state index in [-0.39, 0.29) is 17.6 Å². The zero-order valence-corrected chi connectivity index (χ0v) is 15.8. The predicted octanol–water partition coefficient (Wildman–Crippen LogP) is 1.13. The Balaban J connectivity index is 1.44. The third kappa shape index (κ3) is 3.70. The van der Waals surface area contributed by atoms with Gasteiger partial charge in [-0.05, 0) is 22.3 Å². The van der Waals surface area contributed by atoms with Crippen LogP contribution in [0.15, 0.2) is 48.5 Å². The Morgan fingerprint density at radius 1 is 0.968 bits per heavy atom. The van der Waals surface area contributed by atoms with E-state index in [1.807, 2.05) is 48.5 Å². The Morgan fingerprint density at radius 2 is 1.55 bits per heavy atom. The molecule has 0 N–H and O–H groups in total. The number of hydroxylamine groups is 2. The highest BCUT2D eigenvalue weighted by molar-refractivity contribution is 6.12. The Labute approximate surface area is 174 Å². The molecule has 0 aromatic heterocycles. The molecule has 1 unspecified atom stereocenters. The number of fused-ring (bicyclic) bond motifs is 3. The third-order valence-corrected chi connectivity index (χ3v) is 5.08. The van der Waals surface area contributed by atoms with Gasteiger partial charge in [-0.1, -0.05) is 48.5 Å². The van der Waals surface area contributed by atoms with E-state index >= 15 is 0 Å². The number of rotatable bonds is 4. The maximum atomic E-state index is 12.5. The van der Waals surface area contributed by atoms with Gasteiger partial charge in [-0.15, -0.1) is 5.06 Å². The summed E-state index contributed by atoms with van der Waals surface area (Å²) in [6, 6.07) is 15.4. The molecule has 4 rings (SSSR count). The van der Waals surface area contributed by atoms with Crippen LogP contribution in [-0.4, -0.2) is 41.8 Å². The van der Waals surface area contributed by atoms with E-state index in [0.29, 0.717) is 0 Å². The van der Waals surface area contributed by atoms with Crippen molar-refractivity contribution in [3.8, 4) is 11.1 Å². The van der Waals surface area contributed by atoms with E-state index in [4.69, 9.17) is 4.74 Å². The number of carbonyl (C=O) groups is 5. The highest BCUT2D eigenvalue weighted by Gasteiger charge is 2.47. The Hall–Kier alpha value is -4.21. The van der Waals surface area contributed by atoms with Gasteiger partial charge in [0.05, 0.1) is 6.42 Å². The molecule has 1 saturated heterocycles.